The van der Waals surface area contributed by atoms with E-state index >= 15 is 0 Å². The highest BCUT2D eigenvalue weighted by Gasteiger charge is 1.93. The first-order valence-corrected chi connectivity index (χ1v) is 4.70. The third-order valence-corrected chi connectivity index (χ3v) is 1.56. The molecule has 0 aliphatic heterocycles. The number of benzene rings is 1. The molecule has 78 valence electrons. The van der Waals surface area contributed by atoms with E-state index in [4.69, 9.17) is 5.11 Å². The number of aldehydes is 1. The highest BCUT2D eigenvalue weighted by atomic mass is 16.3. The summed E-state index contributed by atoms with van der Waals surface area (Å²) in [7, 11) is 0. The molecule has 1 rings (SSSR count). The Morgan fingerprint density at radius 2 is 1.86 bits per heavy atom. The number of hydrogen-bond donors (Lipinski definition) is 2. The van der Waals surface area contributed by atoms with E-state index in [-0.39, 0.29) is 5.75 Å². The van der Waals surface area contributed by atoms with E-state index in [1.54, 1.807) is 18.2 Å². The van der Waals surface area contributed by atoms with Gasteiger partial charge in [0, 0.05) is 0 Å². The second kappa shape index (κ2) is 8.26. The summed E-state index contributed by atoms with van der Waals surface area (Å²) in [5.74, 6) is 0.0347. The average molecular weight is 195 g/mol. The van der Waals surface area contributed by atoms with Crippen molar-refractivity contribution in [2.75, 3.05) is 13.1 Å². The average Bonchev–Trinajstić information content (AvgIpc) is 2.21. The van der Waals surface area contributed by atoms with Crippen LogP contribution in [-0.2, 0) is 0 Å². The van der Waals surface area contributed by atoms with E-state index in [0.717, 1.165) is 13.1 Å². The van der Waals surface area contributed by atoms with E-state index in [9.17, 15) is 4.79 Å². The normalized spacial score (nSPS) is 8.71. The lowest BCUT2D eigenvalue weighted by Gasteiger charge is -1.91. The van der Waals surface area contributed by atoms with E-state index in [2.05, 4.69) is 19.2 Å². The molecule has 0 aromatic heterocycles. The number of aromatic hydroxyl groups is 1. The Bertz CT molecular complexity index is 259. The zero-order valence-corrected chi connectivity index (χ0v) is 8.66. The number of hydrogen-bond acceptors (Lipinski definition) is 3. The molecule has 3 nitrogen and oxygen atoms in total. The van der Waals surface area contributed by atoms with Gasteiger partial charge in [0.05, 0.1) is 5.56 Å². The van der Waals surface area contributed by atoms with Crippen LogP contribution in [0.3, 0.4) is 0 Å². The van der Waals surface area contributed by atoms with Crippen molar-refractivity contribution in [2.45, 2.75) is 13.8 Å². The quantitative estimate of drug-likeness (QED) is 0.723. The molecule has 0 atom stereocenters. The molecule has 3 heteroatoms. The summed E-state index contributed by atoms with van der Waals surface area (Å²) in [6, 6.07) is 6.40. The van der Waals surface area contributed by atoms with Crippen molar-refractivity contribution in [3.05, 3.63) is 29.8 Å². The van der Waals surface area contributed by atoms with E-state index < -0.39 is 0 Å². The smallest absolute Gasteiger partial charge is 0.153 e. The Morgan fingerprint density at radius 3 is 2.14 bits per heavy atom. The number of carbonyl (C=O) groups excluding carboxylic acids is 1. The van der Waals surface area contributed by atoms with Crippen molar-refractivity contribution in [3.8, 4) is 5.75 Å². The molecule has 0 aliphatic rings. The second-order valence-electron chi connectivity index (χ2n) is 2.63. The molecule has 0 unspecified atom stereocenters. The van der Waals surface area contributed by atoms with Gasteiger partial charge < -0.3 is 10.4 Å². The van der Waals surface area contributed by atoms with Crippen molar-refractivity contribution in [1.29, 1.82) is 0 Å². The molecule has 0 radical (unpaired) electrons. The highest BCUT2D eigenvalue weighted by Crippen LogP contribution is 2.11. The van der Waals surface area contributed by atoms with Crippen molar-refractivity contribution in [1.82, 2.24) is 5.32 Å². The number of rotatable bonds is 3. The molecule has 0 fully saturated rings. The predicted octanol–water partition coefficient (Wildman–Crippen LogP) is 1.82. The molecule has 1 aromatic carbocycles. The Morgan fingerprint density at radius 1 is 1.29 bits per heavy atom. The summed E-state index contributed by atoms with van der Waals surface area (Å²) in [5, 5.41) is 12.0. The summed E-state index contributed by atoms with van der Waals surface area (Å²) < 4.78 is 0. The van der Waals surface area contributed by atoms with E-state index in [1.165, 1.54) is 6.07 Å². The third-order valence-electron chi connectivity index (χ3n) is 1.56. The van der Waals surface area contributed by atoms with Gasteiger partial charge in [0.1, 0.15) is 5.75 Å². The molecule has 0 saturated heterocycles. The standard InChI is InChI=1S/C7H6O2.C4H11N/c8-5-6-3-1-2-4-7(6)9;1-3-5-4-2/h1-5,9H;5H,3-4H2,1-2H3. The maximum atomic E-state index is 10.1. The molecule has 0 heterocycles. The molecule has 0 bridgehead atoms. The van der Waals surface area contributed by atoms with Gasteiger partial charge in [0.2, 0.25) is 0 Å². The van der Waals surface area contributed by atoms with Crippen molar-refractivity contribution < 1.29 is 9.90 Å². The van der Waals surface area contributed by atoms with Crippen LogP contribution in [0.5, 0.6) is 5.75 Å². The van der Waals surface area contributed by atoms with E-state index in [1.807, 2.05) is 0 Å². The third kappa shape index (κ3) is 5.32. The van der Waals surface area contributed by atoms with Crippen molar-refractivity contribution in [3.63, 3.8) is 0 Å². The number of phenols is 1. The predicted molar refractivity (Wildman–Crippen MR) is 57.7 cm³/mol. The number of nitrogens with one attached hydrogen (secondary N) is 1. The fourth-order valence-electron chi connectivity index (χ4n) is 0.837. The summed E-state index contributed by atoms with van der Waals surface area (Å²) in [6.45, 7) is 6.39. The molecule has 1 aromatic rings. The molecule has 0 saturated carbocycles. The molecule has 0 aliphatic carbocycles. The van der Waals surface area contributed by atoms with Crippen LogP contribution in [0.4, 0.5) is 0 Å². The van der Waals surface area contributed by atoms with Crippen LogP contribution in [0.1, 0.15) is 24.2 Å². The van der Waals surface area contributed by atoms with Crippen LogP contribution in [0.25, 0.3) is 0 Å². The zero-order chi connectivity index (χ0) is 10.8. The fraction of sp³-hybridized carbons (Fsp3) is 0.364. The summed E-state index contributed by atoms with van der Waals surface area (Å²) in [5.41, 5.74) is 0.331. The van der Waals surface area contributed by atoms with Gasteiger partial charge in [-0.3, -0.25) is 4.79 Å². The molecular formula is C11H17NO2. The topological polar surface area (TPSA) is 49.3 Å². The van der Waals surface area contributed by atoms with Crippen LogP contribution >= 0.6 is 0 Å². The summed E-state index contributed by atoms with van der Waals surface area (Å²) >= 11 is 0. The van der Waals surface area contributed by atoms with Crippen LogP contribution < -0.4 is 5.32 Å². The molecule has 2 N–H and O–H groups in total. The van der Waals surface area contributed by atoms with Crippen LogP contribution in [-0.4, -0.2) is 24.5 Å². The minimum absolute atomic E-state index is 0.0347. The van der Waals surface area contributed by atoms with Gasteiger partial charge in [0.25, 0.3) is 0 Å². The number of carbonyl (C=O) groups is 1. The SMILES string of the molecule is CCNCC.O=Cc1ccccc1O. The summed E-state index contributed by atoms with van der Waals surface area (Å²) in [4.78, 5) is 10.1. The monoisotopic (exact) mass is 195 g/mol. The van der Waals surface area contributed by atoms with Gasteiger partial charge in [0.15, 0.2) is 6.29 Å². The lowest BCUT2D eigenvalue weighted by atomic mass is 10.2. The van der Waals surface area contributed by atoms with E-state index in [0.29, 0.717) is 11.8 Å². The van der Waals surface area contributed by atoms with Crippen molar-refractivity contribution >= 4 is 6.29 Å². The number of para-hydroxylation sites is 1. The fourth-order valence-corrected chi connectivity index (χ4v) is 0.837. The Kier molecular flexibility index (Phi) is 7.46. The number of phenolic OH excluding ortho intramolecular Hbond substituents is 1. The Hall–Kier alpha value is -1.35. The lowest BCUT2D eigenvalue weighted by molar-refractivity contribution is 0.112. The zero-order valence-electron chi connectivity index (χ0n) is 8.66. The van der Waals surface area contributed by atoms with Crippen LogP contribution in [0, 0.1) is 0 Å². The first kappa shape index (κ1) is 12.7. The highest BCUT2D eigenvalue weighted by molar-refractivity contribution is 5.78. The van der Waals surface area contributed by atoms with Gasteiger partial charge in [-0.15, -0.1) is 0 Å². The largest absolute Gasteiger partial charge is 0.507 e. The van der Waals surface area contributed by atoms with Gasteiger partial charge in [-0.1, -0.05) is 26.0 Å². The van der Waals surface area contributed by atoms with Crippen LogP contribution in [0.15, 0.2) is 24.3 Å². The second-order valence-corrected chi connectivity index (χ2v) is 2.63. The Labute approximate surface area is 84.8 Å². The molecule has 0 spiro atoms. The van der Waals surface area contributed by atoms with Crippen LogP contribution in [0.2, 0.25) is 0 Å². The van der Waals surface area contributed by atoms with Gasteiger partial charge >= 0.3 is 0 Å². The summed E-state index contributed by atoms with van der Waals surface area (Å²) in [6.07, 6.45) is 0.620. The van der Waals surface area contributed by atoms with Gasteiger partial charge in [-0.2, -0.15) is 0 Å². The maximum absolute atomic E-state index is 10.1. The lowest BCUT2D eigenvalue weighted by Crippen LogP contribution is -2.09. The van der Waals surface area contributed by atoms with Crippen molar-refractivity contribution in [2.24, 2.45) is 0 Å². The minimum Gasteiger partial charge on any atom is -0.507 e. The molecule has 0 amide bonds. The Balaban J connectivity index is 0.000000292. The van der Waals surface area contributed by atoms with Gasteiger partial charge in [-0.25, -0.2) is 0 Å². The maximum Gasteiger partial charge on any atom is 0.153 e. The molecular weight excluding hydrogens is 178 g/mol. The van der Waals surface area contributed by atoms with Gasteiger partial charge in [-0.05, 0) is 25.2 Å². The first-order valence-electron chi connectivity index (χ1n) is 4.70. The minimum atomic E-state index is 0.0347. The first-order chi connectivity index (χ1) is 6.76. The molecule has 14 heavy (non-hydrogen) atoms.